The zero-order chi connectivity index (χ0) is 18.9. The Balaban J connectivity index is 2.11. The van der Waals surface area contributed by atoms with Crippen LogP contribution in [0.25, 0.3) is 0 Å². The highest BCUT2D eigenvalue weighted by atomic mass is 35.5. The van der Waals surface area contributed by atoms with Crippen molar-refractivity contribution in [2.75, 3.05) is 6.61 Å². The van der Waals surface area contributed by atoms with Gasteiger partial charge in [0, 0.05) is 15.5 Å². The summed E-state index contributed by atoms with van der Waals surface area (Å²) in [5.74, 6) is -1.01. The normalized spacial score (nSPS) is 11.5. The maximum atomic E-state index is 12.6. The number of nitrogens with one attached hydrogen (secondary N) is 1. The van der Waals surface area contributed by atoms with Crippen molar-refractivity contribution in [2.24, 2.45) is 0 Å². The lowest BCUT2D eigenvalue weighted by atomic mass is 10.1. The Labute approximate surface area is 161 Å². The van der Waals surface area contributed by atoms with Gasteiger partial charge in [0.2, 0.25) is 5.12 Å². The summed E-state index contributed by atoms with van der Waals surface area (Å²) < 4.78 is 4.91. The average molecular weight is 392 g/mol. The molecule has 0 saturated carbocycles. The molecule has 1 unspecified atom stereocenters. The Morgan fingerprint density at radius 1 is 1.08 bits per heavy atom. The summed E-state index contributed by atoms with van der Waals surface area (Å²) in [6, 6.07) is 14.3. The molecule has 0 bridgehead atoms. The van der Waals surface area contributed by atoms with Gasteiger partial charge in [0.15, 0.2) is 0 Å². The van der Waals surface area contributed by atoms with Gasteiger partial charge in [0.25, 0.3) is 5.91 Å². The van der Waals surface area contributed by atoms with Crippen LogP contribution in [-0.4, -0.2) is 29.6 Å². The van der Waals surface area contributed by atoms with Gasteiger partial charge in [-0.15, -0.1) is 0 Å². The molecule has 1 atom stereocenters. The van der Waals surface area contributed by atoms with E-state index in [1.54, 1.807) is 43.3 Å². The molecule has 136 valence electrons. The fraction of sp³-hybridized carbons (Fsp3) is 0.211. The molecular formula is C19H18ClNO4S. The van der Waals surface area contributed by atoms with Gasteiger partial charge in [-0.1, -0.05) is 29.8 Å². The van der Waals surface area contributed by atoms with E-state index in [2.05, 4.69) is 5.32 Å². The number of halogens is 1. The maximum absolute atomic E-state index is 12.6. The second-order valence-corrected chi connectivity index (χ2v) is 6.79. The van der Waals surface area contributed by atoms with Crippen LogP contribution in [0.5, 0.6) is 0 Å². The van der Waals surface area contributed by atoms with Crippen LogP contribution in [0.3, 0.4) is 0 Å². The molecule has 2 aromatic rings. The van der Waals surface area contributed by atoms with Gasteiger partial charge in [-0.2, -0.15) is 0 Å². The van der Waals surface area contributed by atoms with Gasteiger partial charge in [0.05, 0.1) is 13.0 Å². The third-order valence-electron chi connectivity index (χ3n) is 3.33. The summed E-state index contributed by atoms with van der Waals surface area (Å²) in [6.07, 6.45) is -0.230. The van der Waals surface area contributed by atoms with Crippen molar-refractivity contribution in [1.82, 2.24) is 5.32 Å². The van der Waals surface area contributed by atoms with E-state index in [0.29, 0.717) is 10.6 Å². The van der Waals surface area contributed by atoms with Gasteiger partial charge in [-0.05, 0) is 55.1 Å². The van der Waals surface area contributed by atoms with Crippen LogP contribution in [0.4, 0.5) is 0 Å². The van der Waals surface area contributed by atoms with Crippen molar-refractivity contribution in [3.05, 3.63) is 65.2 Å². The topological polar surface area (TPSA) is 72.5 Å². The molecule has 0 heterocycles. The zero-order valence-corrected chi connectivity index (χ0v) is 15.7. The third-order valence-corrected chi connectivity index (χ3v) is 4.58. The molecule has 0 fully saturated rings. The molecule has 2 aromatic carbocycles. The molecule has 0 aliphatic carbocycles. The van der Waals surface area contributed by atoms with Crippen LogP contribution in [0.15, 0.2) is 59.5 Å². The smallest absolute Gasteiger partial charge is 0.308 e. The van der Waals surface area contributed by atoms with Gasteiger partial charge in [0.1, 0.15) is 6.04 Å². The highest BCUT2D eigenvalue weighted by molar-refractivity contribution is 8.13. The summed E-state index contributed by atoms with van der Waals surface area (Å²) >= 11 is 6.78. The summed E-state index contributed by atoms with van der Waals surface area (Å²) in [5.41, 5.74) is 0.348. The van der Waals surface area contributed by atoms with E-state index in [0.717, 1.165) is 16.7 Å². The van der Waals surface area contributed by atoms with Gasteiger partial charge in [-0.25, -0.2) is 0 Å². The van der Waals surface area contributed by atoms with Crippen LogP contribution in [0.2, 0.25) is 5.02 Å². The van der Waals surface area contributed by atoms with E-state index in [-0.39, 0.29) is 18.1 Å². The molecule has 26 heavy (non-hydrogen) atoms. The van der Waals surface area contributed by atoms with Crippen LogP contribution in [0, 0.1) is 0 Å². The van der Waals surface area contributed by atoms with Gasteiger partial charge >= 0.3 is 5.97 Å². The predicted octanol–water partition coefficient (Wildman–Crippen LogP) is 3.71. The van der Waals surface area contributed by atoms with Crippen LogP contribution < -0.4 is 5.32 Å². The first-order chi connectivity index (χ1) is 12.5. The van der Waals surface area contributed by atoms with Crippen molar-refractivity contribution in [1.29, 1.82) is 0 Å². The average Bonchev–Trinajstić information content (AvgIpc) is 2.62. The number of amides is 1. The van der Waals surface area contributed by atoms with Gasteiger partial charge in [-0.3, -0.25) is 14.4 Å². The number of esters is 1. The first-order valence-electron chi connectivity index (χ1n) is 7.98. The fourth-order valence-electron chi connectivity index (χ4n) is 2.10. The molecule has 0 spiro atoms. The summed E-state index contributed by atoms with van der Waals surface area (Å²) in [7, 11) is 0. The van der Waals surface area contributed by atoms with Crippen LogP contribution >= 0.6 is 23.4 Å². The Hall–Kier alpha value is -2.31. The number of ether oxygens (including phenoxy) is 1. The molecule has 0 aliphatic heterocycles. The zero-order valence-electron chi connectivity index (χ0n) is 14.1. The van der Waals surface area contributed by atoms with E-state index in [1.807, 2.05) is 18.2 Å². The van der Waals surface area contributed by atoms with Crippen molar-refractivity contribution in [3.63, 3.8) is 0 Å². The predicted molar refractivity (Wildman–Crippen MR) is 101 cm³/mol. The molecule has 5 nitrogen and oxygen atoms in total. The summed E-state index contributed by atoms with van der Waals surface area (Å²) in [5, 5.41) is 2.77. The summed E-state index contributed by atoms with van der Waals surface area (Å²) in [4.78, 5) is 37.5. The number of rotatable bonds is 7. The monoisotopic (exact) mass is 391 g/mol. The molecule has 7 heteroatoms. The van der Waals surface area contributed by atoms with Crippen molar-refractivity contribution in [3.8, 4) is 0 Å². The minimum absolute atomic E-state index is 0.205. The van der Waals surface area contributed by atoms with Crippen LogP contribution in [0.1, 0.15) is 23.7 Å². The first-order valence-corrected chi connectivity index (χ1v) is 9.18. The fourth-order valence-corrected chi connectivity index (χ4v) is 3.03. The number of carbonyl (C=O) groups is 3. The van der Waals surface area contributed by atoms with E-state index in [9.17, 15) is 14.4 Å². The highest BCUT2D eigenvalue weighted by Gasteiger charge is 2.26. The Morgan fingerprint density at radius 3 is 2.35 bits per heavy atom. The van der Waals surface area contributed by atoms with E-state index >= 15 is 0 Å². The quantitative estimate of drug-likeness (QED) is 0.575. The molecule has 0 saturated heterocycles. The number of carbonyl (C=O) groups excluding carboxylic acids is 3. The molecule has 0 aromatic heterocycles. The minimum atomic E-state index is -0.998. The maximum Gasteiger partial charge on any atom is 0.308 e. The number of benzene rings is 2. The first kappa shape index (κ1) is 20.0. The lowest BCUT2D eigenvalue weighted by Crippen LogP contribution is -2.41. The molecular weight excluding hydrogens is 374 g/mol. The number of hydrogen-bond acceptors (Lipinski definition) is 5. The molecule has 1 N–H and O–H groups in total. The molecule has 2 rings (SSSR count). The Kier molecular flexibility index (Phi) is 7.69. The number of hydrogen-bond donors (Lipinski definition) is 1. The van der Waals surface area contributed by atoms with E-state index in [1.165, 1.54) is 0 Å². The molecule has 0 aliphatic rings. The lowest BCUT2D eigenvalue weighted by molar-refractivity contribution is -0.144. The van der Waals surface area contributed by atoms with Crippen LogP contribution in [-0.2, 0) is 14.3 Å². The SMILES string of the molecule is CCOC(=O)CC(NC(=O)c1ccc(Cl)cc1)C(=O)Sc1ccccc1. The standard InChI is InChI=1S/C19H18ClNO4S/c1-2-25-17(22)12-16(19(24)26-15-6-4-3-5-7-15)21-18(23)13-8-10-14(20)11-9-13/h3-11,16H,2,12H2,1H3,(H,21,23). The number of thioether (sulfide) groups is 1. The van der Waals surface area contributed by atoms with Gasteiger partial charge < -0.3 is 10.1 Å². The van der Waals surface area contributed by atoms with E-state index < -0.39 is 17.9 Å². The van der Waals surface area contributed by atoms with E-state index in [4.69, 9.17) is 16.3 Å². The molecule has 0 radical (unpaired) electrons. The second kappa shape index (κ2) is 9.99. The van der Waals surface area contributed by atoms with Crippen molar-refractivity contribution in [2.45, 2.75) is 24.3 Å². The van der Waals surface area contributed by atoms with Crippen molar-refractivity contribution >= 4 is 40.4 Å². The second-order valence-electron chi connectivity index (χ2n) is 5.28. The Morgan fingerprint density at radius 2 is 1.73 bits per heavy atom. The summed E-state index contributed by atoms with van der Waals surface area (Å²) in [6.45, 7) is 1.89. The third kappa shape index (κ3) is 6.20. The largest absolute Gasteiger partial charge is 0.466 e. The Bertz CT molecular complexity index is 765. The molecule has 1 amide bonds. The minimum Gasteiger partial charge on any atom is -0.466 e. The highest BCUT2D eigenvalue weighted by Crippen LogP contribution is 2.21. The lowest BCUT2D eigenvalue weighted by Gasteiger charge is -2.16. The van der Waals surface area contributed by atoms with Crippen molar-refractivity contribution < 1.29 is 19.1 Å².